The van der Waals surface area contributed by atoms with E-state index >= 15 is 0 Å². The fourth-order valence-corrected chi connectivity index (χ4v) is 1.90. The van der Waals surface area contributed by atoms with Crippen molar-refractivity contribution in [1.82, 2.24) is 15.1 Å². The van der Waals surface area contributed by atoms with Crippen LogP contribution < -0.4 is 0 Å². The van der Waals surface area contributed by atoms with E-state index in [1.807, 2.05) is 30.3 Å². The molecule has 4 heteroatoms. The van der Waals surface area contributed by atoms with Crippen molar-refractivity contribution in [2.75, 3.05) is 14.1 Å². The van der Waals surface area contributed by atoms with Crippen molar-refractivity contribution in [1.29, 1.82) is 0 Å². The molecule has 0 aliphatic heterocycles. The summed E-state index contributed by atoms with van der Waals surface area (Å²) in [6.07, 6.45) is 2.26. The summed E-state index contributed by atoms with van der Waals surface area (Å²) in [5.74, 6) is 0.169. The number of aryl methyl sites for hydroxylation is 1. The third-order valence-corrected chi connectivity index (χ3v) is 3.04. The number of aromatic nitrogens is 2. The van der Waals surface area contributed by atoms with Crippen LogP contribution in [0.5, 0.6) is 0 Å². The topological polar surface area (TPSA) is 49.0 Å². The van der Waals surface area contributed by atoms with E-state index in [0.29, 0.717) is 6.42 Å². The number of benzene rings is 1. The van der Waals surface area contributed by atoms with E-state index in [0.717, 1.165) is 29.8 Å². The van der Waals surface area contributed by atoms with Crippen LogP contribution in [0.15, 0.2) is 36.4 Å². The molecule has 1 aromatic heterocycles. The van der Waals surface area contributed by atoms with Gasteiger partial charge >= 0.3 is 0 Å². The minimum absolute atomic E-state index is 0.169. The van der Waals surface area contributed by atoms with Gasteiger partial charge in [0.25, 0.3) is 0 Å². The lowest BCUT2D eigenvalue weighted by Gasteiger charge is -2.08. The predicted octanol–water partition coefficient (Wildman–Crippen LogP) is 2.49. The molecule has 2 aromatic rings. The van der Waals surface area contributed by atoms with Gasteiger partial charge in [-0.25, -0.2) is 0 Å². The van der Waals surface area contributed by atoms with Crippen LogP contribution in [0, 0.1) is 0 Å². The predicted molar refractivity (Wildman–Crippen MR) is 75.7 cm³/mol. The van der Waals surface area contributed by atoms with Gasteiger partial charge in [-0.1, -0.05) is 30.3 Å². The minimum atomic E-state index is 0.169. The van der Waals surface area contributed by atoms with Crippen molar-refractivity contribution >= 4 is 5.91 Å². The molecule has 0 aliphatic carbocycles. The number of aromatic amines is 1. The molecule has 100 valence electrons. The maximum Gasteiger partial charge on any atom is 0.222 e. The number of nitrogens with one attached hydrogen (secondary N) is 1. The first kappa shape index (κ1) is 13.3. The maximum absolute atomic E-state index is 11.5. The van der Waals surface area contributed by atoms with E-state index in [-0.39, 0.29) is 5.91 Å². The van der Waals surface area contributed by atoms with Gasteiger partial charge in [-0.05, 0) is 18.9 Å². The minimum Gasteiger partial charge on any atom is -0.349 e. The Morgan fingerprint density at radius 3 is 2.68 bits per heavy atom. The van der Waals surface area contributed by atoms with E-state index in [9.17, 15) is 4.79 Å². The molecule has 0 spiro atoms. The first-order valence-corrected chi connectivity index (χ1v) is 6.46. The summed E-state index contributed by atoms with van der Waals surface area (Å²) >= 11 is 0. The second kappa shape index (κ2) is 6.18. The van der Waals surface area contributed by atoms with E-state index < -0.39 is 0 Å². The third-order valence-electron chi connectivity index (χ3n) is 3.04. The van der Waals surface area contributed by atoms with Gasteiger partial charge in [0.2, 0.25) is 5.91 Å². The molecular weight excluding hydrogens is 238 g/mol. The van der Waals surface area contributed by atoms with E-state index in [1.54, 1.807) is 19.0 Å². The normalized spacial score (nSPS) is 10.4. The number of H-pyrrole nitrogens is 1. The largest absolute Gasteiger partial charge is 0.349 e. The molecule has 2 rings (SSSR count). The Morgan fingerprint density at radius 1 is 1.26 bits per heavy atom. The standard InChI is InChI=1S/C15H19N3O/c1-18(2)15(19)10-6-9-13-11-14(17-16-13)12-7-4-3-5-8-12/h3-5,7-8,11H,6,9-10H2,1-2H3,(H,16,17). The number of hydrogen-bond acceptors (Lipinski definition) is 2. The second-order valence-corrected chi connectivity index (χ2v) is 4.79. The Kier molecular flexibility index (Phi) is 4.34. The van der Waals surface area contributed by atoms with Gasteiger partial charge < -0.3 is 4.90 Å². The maximum atomic E-state index is 11.5. The summed E-state index contributed by atoms with van der Waals surface area (Å²) in [6.45, 7) is 0. The first-order chi connectivity index (χ1) is 9.16. The fourth-order valence-electron chi connectivity index (χ4n) is 1.90. The number of nitrogens with zero attached hydrogens (tertiary/aromatic N) is 2. The molecule has 0 saturated heterocycles. The van der Waals surface area contributed by atoms with Gasteiger partial charge in [-0.15, -0.1) is 0 Å². The summed E-state index contributed by atoms with van der Waals surface area (Å²) in [5, 5.41) is 7.33. The molecule has 0 radical (unpaired) electrons. The van der Waals surface area contributed by atoms with Crippen molar-refractivity contribution in [3.63, 3.8) is 0 Å². The van der Waals surface area contributed by atoms with E-state index in [4.69, 9.17) is 0 Å². The summed E-state index contributed by atoms with van der Waals surface area (Å²) in [5.41, 5.74) is 3.13. The fraction of sp³-hybridized carbons (Fsp3) is 0.333. The summed E-state index contributed by atoms with van der Waals surface area (Å²) < 4.78 is 0. The van der Waals surface area contributed by atoms with Crippen molar-refractivity contribution in [3.8, 4) is 11.3 Å². The summed E-state index contributed by atoms with van der Waals surface area (Å²) in [7, 11) is 3.57. The molecule has 1 N–H and O–H groups in total. The lowest BCUT2D eigenvalue weighted by atomic mass is 10.1. The van der Waals surface area contributed by atoms with Crippen LogP contribution in [0.25, 0.3) is 11.3 Å². The van der Waals surface area contributed by atoms with Crippen molar-refractivity contribution in [3.05, 3.63) is 42.1 Å². The average molecular weight is 257 g/mol. The Bertz CT molecular complexity index is 531. The zero-order valence-electron chi connectivity index (χ0n) is 11.4. The smallest absolute Gasteiger partial charge is 0.222 e. The van der Waals surface area contributed by atoms with Gasteiger partial charge in [-0.2, -0.15) is 5.10 Å². The van der Waals surface area contributed by atoms with Gasteiger partial charge in [0.05, 0.1) is 5.69 Å². The van der Waals surface area contributed by atoms with Crippen LogP contribution in [0.4, 0.5) is 0 Å². The molecule has 0 saturated carbocycles. The van der Waals surface area contributed by atoms with Crippen molar-refractivity contribution in [2.24, 2.45) is 0 Å². The summed E-state index contributed by atoms with van der Waals surface area (Å²) in [6, 6.07) is 12.1. The highest BCUT2D eigenvalue weighted by Gasteiger charge is 2.06. The highest BCUT2D eigenvalue weighted by Crippen LogP contribution is 2.17. The number of carbonyl (C=O) groups is 1. The van der Waals surface area contributed by atoms with Crippen LogP contribution in [0.1, 0.15) is 18.5 Å². The van der Waals surface area contributed by atoms with Crippen LogP contribution in [0.2, 0.25) is 0 Å². The Morgan fingerprint density at radius 2 is 2.00 bits per heavy atom. The second-order valence-electron chi connectivity index (χ2n) is 4.79. The molecule has 0 unspecified atom stereocenters. The Labute approximate surface area is 113 Å². The van der Waals surface area contributed by atoms with Crippen molar-refractivity contribution in [2.45, 2.75) is 19.3 Å². The lowest BCUT2D eigenvalue weighted by Crippen LogP contribution is -2.21. The van der Waals surface area contributed by atoms with Crippen LogP contribution in [-0.2, 0) is 11.2 Å². The molecule has 1 amide bonds. The summed E-state index contributed by atoms with van der Waals surface area (Å²) in [4.78, 5) is 13.1. The van der Waals surface area contributed by atoms with Crippen LogP contribution in [-0.4, -0.2) is 35.1 Å². The molecule has 0 aliphatic rings. The van der Waals surface area contributed by atoms with E-state index in [1.165, 1.54) is 0 Å². The quantitative estimate of drug-likeness (QED) is 0.894. The Hall–Kier alpha value is -2.10. The highest BCUT2D eigenvalue weighted by atomic mass is 16.2. The van der Waals surface area contributed by atoms with Gasteiger partial charge in [-0.3, -0.25) is 9.89 Å². The third kappa shape index (κ3) is 3.68. The average Bonchev–Trinajstić information content (AvgIpc) is 2.88. The number of carbonyl (C=O) groups excluding carboxylic acids is 1. The van der Waals surface area contributed by atoms with E-state index in [2.05, 4.69) is 16.3 Å². The molecule has 0 atom stereocenters. The van der Waals surface area contributed by atoms with Gasteiger partial charge in [0.15, 0.2) is 0 Å². The van der Waals surface area contributed by atoms with Crippen LogP contribution >= 0.6 is 0 Å². The van der Waals surface area contributed by atoms with Crippen molar-refractivity contribution < 1.29 is 4.79 Å². The molecule has 4 nitrogen and oxygen atoms in total. The molecule has 1 heterocycles. The number of amides is 1. The molecule has 0 fully saturated rings. The number of hydrogen-bond donors (Lipinski definition) is 1. The highest BCUT2D eigenvalue weighted by molar-refractivity contribution is 5.75. The zero-order valence-corrected chi connectivity index (χ0v) is 11.4. The Balaban J connectivity index is 1.90. The lowest BCUT2D eigenvalue weighted by molar-refractivity contribution is -0.128. The molecule has 19 heavy (non-hydrogen) atoms. The molecular formula is C15H19N3O. The van der Waals surface area contributed by atoms with Gasteiger partial charge in [0, 0.05) is 31.8 Å². The zero-order chi connectivity index (χ0) is 13.7. The molecule has 0 bridgehead atoms. The first-order valence-electron chi connectivity index (χ1n) is 6.46. The molecule has 1 aromatic carbocycles. The monoisotopic (exact) mass is 257 g/mol. The van der Waals surface area contributed by atoms with Crippen LogP contribution in [0.3, 0.4) is 0 Å². The number of rotatable bonds is 5. The SMILES string of the molecule is CN(C)C(=O)CCCc1cc(-c2ccccc2)n[nH]1. The van der Waals surface area contributed by atoms with Gasteiger partial charge in [0.1, 0.15) is 0 Å².